The Balaban J connectivity index is 1.90. The highest BCUT2D eigenvalue weighted by Crippen LogP contribution is 2.45. The van der Waals surface area contributed by atoms with Crippen LogP contribution in [0.4, 0.5) is 11.4 Å². The second-order valence-electron chi connectivity index (χ2n) is 7.38. The van der Waals surface area contributed by atoms with E-state index in [2.05, 4.69) is 5.32 Å². The number of furan rings is 1. The molecule has 1 atom stereocenters. The lowest BCUT2D eigenvalue weighted by molar-refractivity contribution is -0.132. The van der Waals surface area contributed by atoms with Crippen LogP contribution in [0.3, 0.4) is 0 Å². The fourth-order valence-electron chi connectivity index (χ4n) is 3.81. The molecule has 0 radical (unpaired) electrons. The molecule has 1 fully saturated rings. The molecule has 2 aromatic carbocycles. The Kier molecular flexibility index (Phi) is 6.37. The van der Waals surface area contributed by atoms with Crippen molar-refractivity contribution in [1.82, 2.24) is 0 Å². The minimum atomic E-state index is -1.08. The first-order chi connectivity index (χ1) is 16.2. The van der Waals surface area contributed by atoms with E-state index in [0.29, 0.717) is 11.4 Å². The van der Waals surface area contributed by atoms with E-state index < -0.39 is 23.5 Å². The maximum atomic E-state index is 13.2. The normalized spacial score (nSPS) is 17.2. The van der Waals surface area contributed by atoms with Crippen LogP contribution >= 0.6 is 23.2 Å². The van der Waals surface area contributed by atoms with Gasteiger partial charge in [0.1, 0.15) is 23.3 Å². The van der Waals surface area contributed by atoms with Crippen LogP contribution in [-0.2, 0) is 14.4 Å². The number of carbonyl (C=O) groups is 3. The van der Waals surface area contributed by atoms with E-state index in [1.807, 2.05) is 0 Å². The van der Waals surface area contributed by atoms with Crippen molar-refractivity contribution in [2.75, 3.05) is 17.3 Å². The number of methoxy groups -OCH3 is 1. The monoisotopic (exact) mass is 500 g/mol. The lowest BCUT2D eigenvalue weighted by atomic mass is 9.98. The molecule has 34 heavy (non-hydrogen) atoms. The van der Waals surface area contributed by atoms with Gasteiger partial charge in [-0.1, -0.05) is 23.2 Å². The summed E-state index contributed by atoms with van der Waals surface area (Å²) in [6.07, 6.45) is 1.40. The summed E-state index contributed by atoms with van der Waals surface area (Å²) >= 11 is 12.3. The number of ether oxygens (including phenoxy) is 1. The number of hydrogen-bond donors (Lipinski definition) is 2. The third kappa shape index (κ3) is 4.13. The largest absolute Gasteiger partial charge is 0.507 e. The number of nitrogens with zero attached hydrogens (tertiary/aromatic N) is 1. The zero-order valence-electron chi connectivity index (χ0n) is 18.0. The highest BCUT2D eigenvalue weighted by atomic mass is 35.5. The van der Waals surface area contributed by atoms with Gasteiger partial charge in [-0.15, -0.1) is 0 Å². The second kappa shape index (κ2) is 9.24. The highest BCUT2D eigenvalue weighted by molar-refractivity contribution is 6.51. The molecule has 0 saturated carbocycles. The second-order valence-corrected chi connectivity index (χ2v) is 8.22. The van der Waals surface area contributed by atoms with Gasteiger partial charge < -0.3 is 19.6 Å². The average molecular weight is 501 g/mol. The Morgan fingerprint density at radius 2 is 1.85 bits per heavy atom. The minimum absolute atomic E-state index is 0.0514. The molecule has 4 rings (SSSR count). The van der Waals surface area contributed by atoms with Crippen LogP contribution in [0.15, 0.2) is 64.8 Å². The van der Waals surface area contributed by atoms with Gasteiger partial charge in [0.25, 0.3) is 11.7 Å². The number of aliphatic hydroxyl groups excluding tert-OH is 1. The van der Waals surface area contributed by atoms with Crippen LogP contribution in [0.5, 0.6) is 5.75 Å². The predicted molar refractivity (Wildman–Crippen MR) is 127 cm³/mol. The molecule has 0 bridgehead atoms. The average Bonchev–Trinajstić information content (AvgIpc) is 3.40. The SMILES string of the molecule is COc1c(Cl)cc(Cl)cc1/C(O)=C1/C(=O)C(=O)N(c2ccc(NC(C)=O)cc2)C1c1ccco1. The minimum Gasteiger partial charge on any atom is -0.507 e. The topological polar surface area (TPSA) is 109 Å². The number of ketones is 1. The van der Waals surface area contributed by atoms with Gasteiger partial charge in [-0.2, -0.15) is 0 Å². The van der Waals surface area contributed by atoms with Crippen LogP contribution in [0.25, 0.3) is 5.76 Å². The number of aliphatic hydroxyl groups is 1. The number of halogens is 2. The van der Waals surface area contributed by atoms with Crippen LogP contribution in [-0.4, -0.2) is 29.8 Å². The number of anilines is 2. The fraction of sp³-hybridized carbons (Fsp3) is 0.125. The Morgan fingerprint density at radius 3 is 2.44 bits per heavy atom. The molecule has 2 N–H and O–H groups in total. The van der Waals surface area contributed by atoms with Crippen molar-refractivity contribution in [3.05, 3.63) is 81.7 Å². The molecule has 3 aromatic rings. The highest BCUT2D eigenvalue weighted by Gasteiger charge is 2.48. The first kappa shape index (κ1) is 23.4. The molecule has 1 saturated heterocycles. The summed E-state index contributed by atoms with van der Waals surface area (Å²) in [6, 6.07) is 11.3. The molecule has 10 heteroatoms. The van der Waals surface area contributed by atoms with Crippen molar-refractivity contribution in [3.8, 4) is 5.75 Å². The molecule has 1 aliphatic rings. The van der Waals surface area contributed by atoms with Crippen LogP contribution in [0, 0.1) is 0 Å². The van der Waals surface area contributed by atoms with E-state index in [0.717, 1.165) is 0 Å². The standard InChI is InChI=1S/C24H18Cl2N2O6/c1-12(29)27-14-5-7-15(8-6-14)28-20(18-4-3-9-34-18)19(22(31)24(28)32)21(30)16-10-13(25)11-17(26)23(16)33-2/h3-11,20,30H,1-2H3,(H,27,29)/b21-19-. The van der Waals surface area contributed by atoms with Gasteiger partial charge in [-0.05, 0) is 48.5 Å². The summed E-state index contributed by atoms with van der Waals surface area (Å²) in [5.74, 6) is -2.23. The van der Waals surface area contributed by atoms with Gasteiger partial charge >= 0.3 is 0 Å². The van der Waals surface area contributed by atoms with Gasteiger partial charge in [0.2, 0.25) is 5.91 Å². The number of amides is 2. The molecule has 1 aromatic heterocycles. The first-order valence-corrected chi connectivity index (χ1v) is 10.7. The van der Waals surface area contributed by atoms with Crippen molar-refractivity contribution >= 4 is 57.9 Å². The van der Waals surface area contributed by atoms with Crippen molar-refractivity contribution in [1.29, 1.82) is 0 Å². The van der Waals surface area contributed by atoms with E-state index in [4.69, 9.17) is 32.4 Å². The van der Waals surface area contributed by atoms with Gasteiger partial charge in [0.15, 0.2) is 0 Å². The molecular weight excluding hydrogens is 483 g/mol. The van der Waals surface area contributed by atoms with Gasteiger partial charge in [0, 0.05) is 23.3 Å². The Bertz CT molecular complexity index is 1320. The van der Waals surface area contributed by atoms with E-state index in [1.165, 1.54) is 37.3 Å². The number of nitrogens with one attached hydrogen (secondary N) is 1. The number of carbonyl (C=O) groups excluding carboxylic acids is 3. The lowest BCUT2D eigenvalue weighted by Gasteiger charge is -2.23. The summed E-state index contributed by atoms with van der Waals surface area (Å²) in [6.45, 7) is 1.37. The van der Waals surface area contributed by atoms with Gasteiger partial charge in [-0.25, -0.2) is 0 Å². The maximum absolute atomic E-state index is 13.2. The quantitative estimate of drug-likeness (QED) is 0.283. The van der Waals surface area contributed by atoms with Crippen molar-refractivity contribution in [2.45, 2.75) is 13.0 Å². The molecule has 174 valence electrons. The molecule has 8 nitrogen and oxygen atoms in total. The number of rotatable bonds is 5. The van der Waals surface area contributed by atoms with E-state index >= 15 is 0 Å². The van der Waals surface area contributed by atoms with Gasteiger partial charge in [-0.3, -0.25) is 19.3 Å². The summed E-state index contributed by atoms with van der Waals surface area (Å²) in [5, 5.41) is 14.2. The first-order valence-electron chi connectivity index (χ1n) is 9.98. The number of hydrogen-bond acceptors (Lipinski definition) is 6. The summed E-state index contributed by atoms with van der Waals surface area (Å²) < 4.78 is 10.8. The summed E-state index contributed by atoms with van der Waals surface area (Å²) in [7, 11) is 1.35. The van der Waals surface area contributed by atoms with Gasteiger partial charge in [0.05, 0.1) is 29.5 Å². The Hall–Kier alpha value is -3.75. The summed E-state index contributed by atoms with van der Waals surface area (Å²) in [4.78, 5) is 38.8. The summed E-state index contributed by atoms with van der Waals surface area (Å²) in [5.41, 5.74) is 0.700. The smallest absolute Gasteiger partial charge is 0.300 e. The number of benzene rings is 2. The third-order valence-electron chi connectivity index (χ3n) is 5.19. The molecule has 2 heterocycles. The van der Waals surface area contributed by atoms with Crippen LogP contribution in [0.1, 0.15) is 24.3 Å². The van der Waals surface area contributed by atoms with Crippen molar-refractivity contribution in [2.24, 2.45) is 0 Å². The third-order valence-corrected chi connectivity index (χ3v) is 5.69. The molecule has 1 unspecified atom stereocenters. The number of Topliss-reactive ketones (excluding diaryl/α,β-unsaturated/α-hetero) is 1. The van der Waals surface area contributed by atoms with E-state index in [1.54, 1.807) is 36.4 Å². The fourth-order valence-corrected chi connectivity index (χ4v) is 4.38. The predicted octanol–water partition coefficient (Wildman–Crippen LogP) is 5.18. The van der Waals surface area contributed by atoms with Crippen molar-refractivity contribution < 1.29 is 28.6 Å². The van der Waals surface area contributed by atoms with E-state index in [-0.39, 0.29) is 38.6 Å². The van der Waals surface area contributed by atoms with Crippen LogP contribution < -0.4 is 15.0 Å². The lowest BCUT2D eigenvalue weighted by Crippen LogP contribution is -2.29. The van der Waals surface area contributed by atoms with E-state index in [9.17, 15) is 19.5 Å². The Labute approximate surface area is 204 Å². The molecule has 0 spiro atoms. The van der Waals surface area contributed by atoms with Crippen molar-refractivity contribution in [3.63, 3.8) is 0 Å². The zero-order valence-corrected chi connectivity index (χ0v) is 19.5. The Morgan fingerprint density at radius 1 is 1.15 bits per heavy atom. The zero-order chi connectivity index (χ0) is 24.6. The molecule has 0 aliphatic carbocycles. The molecule has 1 aliphatic heterocycles. The molecular formula is C24H18Cl2N2O6. The molecule has 2 amide bonds. The maximum Gasteiger partial charge on any atom is 0.300 e. The van der Waals surface area contributed by atoms with Crippen LogP contribution in [0.2, 0.25) is 10.0 Å².